The SMILES string of the molecule is N[N+](=O)c1ccc2ccccc2c1. The Kier molecular flexibility index (Phi) is 1.70. The molecule has 0 aliphatic rings. The van der Waals surface area contributed by atoms with Crippen LogP contribution in [0, 0.1) is 4.91 Å². The molecular weight excluding hydrogens is 164 g/mol. The second kappa shape index (κ2) is 2.86. The summed E-state index contributed by atoms with van der Waals surface area (Å²) in [5.41, 5.74) is 0.471. The van der Waals surface area contributed by atoms with Gasteiger partial charge in [-0.15, -0.1) is 0 Å². The van der Waals surface area contributed by atoms with Gasteiger partial charge >= 0.3 is 0 Å². The molecule has 2 rings (SSSR count). The Morgan fingerprint density at radius 1 is 1.00 bits per heavy atom. The standard InChI is InChI=1S/C10H9N2O/c11-12(13)10-6-5-8-3-1-2-4-9(8)7-10/h1-7H,(H2,11,13)/q+1. The number of nitroso groups, excluding NO2 is 1. The van der Waals surface area contributed by atoms with Crippen molar-refractivity contribution in [1.82, 2.24) is 0 Å². The molecule has 3 nitrogen and oxygen atoms in total. The van der Waals surface area contributed by atoms with Gasteiger partial charge in [-0.1, -0.05) is 24.3 Å². The fourth-order valence-electron chi connectivity index (χ4n) is 1.31. The van der Waals surface area contributed by atoms with Gasteiger partial charge in [0.25, 0.3) is 5.69 Å². The summed E-state index contributed by atoms with van der Waals surface area (Å²) in [6.07, 6.45) is 0. The van der Waals surface area contributed by atoms with Crippen molar-refractivity contribution in [2.24, 2.45) is 5.84 Å². The highest BCUT2D eigenvalue weighted by Crippen LogP contribution is 2.19. The molecule has 0 atom stereocenters. The predicted molar refractivity (Wildman–Crippen MR) is 51.4 cm³/mol. The van der Waals surface area contributed by atoms with Crippen molar-refractivity contribution in [2.45, 2.75) is 0 Å². The van der Waals surface area contributed by atoms with Crippen molar-refractivity contribution in [3.63, 3.8) is 0 Å². The molecule has 0 saturated carbocycles. The smallest absolute Gasteiger partial charge is 0.159 e. The summed E-state index contributed by atoms with van der Waals surface area (Å²) in [6.45, 7) is 0. The molecule has 0 aromatic heterocycles. The van der Waals surface area contributed by atoms with E-state index in [1.54, 1.807) is 12.1 Å². The average molecular weight is 173 g/mol. The van der Waals surface area contributed by atoms with Gasteiger partial charge in [0.05, 0.1) is 4.91 Å². The van der Waals surface area contributed by atoms with Gasteiger partial charge in [-0.05, 0) is 16.8 Å². The first-order valence-corrected chi connectivity index (χ1v) is 3.98. The van der Waals surface area contributed by atoms with Crippen LogP contribution in [-0.2, 0) is 0 Å². The Hall–Kier alpha value is -1.90. The number of hydrazine groups is 1. The first-order chi connectivity index (χ1) is 6.27. The highest BCUT2D eigenvalue weighted by atomic mass is 16.3. The van der Waals surface area contributed by atoms with E-state index in [0.29, 0.717) is 10.6 Å². The fourth-order valence-corrected chi connectivity index (χ4v) is 1.31. The second-order valence-corrected chi connectivity index (χ2v) is 2.86. The Labute approximate surface area is 75.3 Å². The Bertz CT molecular complexity index is 465. The largest absolute Gasteiger partial charge is 0.292 e. The molecule has 13 heavy (non-hydrogen) atoms. The first kappa shape index (κ1) is 7.73. The summed E-state index contributed by atoms with van der Waals surface area (Å²) in [7, 11) is 0. The van der Waals surface area contributed by atoms with Crippen LogP contribution in [0.25, 0.3) is 10.8 Å². The van der Waals surface area contributed by atoms with E-state index in [4.69, 9.17) is 5.84 Å². The predicted octanol–water partition coefficient (Wildman–Crippen LogP) is 2.12. The number of fused-ring (bicyclic) bond motifs is 1. The molecule has 0 saturated heterocycles. The van der Waals surface area contributed by atoms with E-state index in [-0.39, 0.29) is 0 Å². The van der Waals surface area contributed by atoms with Crippen LogP contribution in [0.15, 0.2) is 42.5 Å². The zero-order chi connectivity index (χ0) is 9.26. The normalized spacial score (nSPS) is 10.2. The molecule has 0 aliphatic carbocycles. The topological polar surface area (TPSA) is 46.1 Å². The molecular formula is C10H9N2O+. The summed E-state index contributed by atoms with van der Waals surface area (Å²) < 4.78 is 0. The third kappa shape index (κ3) is 1.36. The van der Waals surface area contributed by atoms with Crippen molar-refractivity contribution >= 4 is 16.5 Å². The molecule has 64 valence electrons. The monoisotopic (exact) mass is 173 g/mol. The molecule has 3 heteroatoms. The van der Waals surface area contributed by atoms with Crippen LogP contribution in [-0.4, -0.2) is 4.87 Å². The maximum Gasteiger partial charge on any atom is 0.292 e. The van der Waals surface area contributed by atoms with Gasteiger partial charge < -0.3 is 0 Å². The minimum atomic E-state index is 0.367. The van der Waals surface area contributed by atoms with Crippen LogP contribution in [0.5, 0.6) is 0 Å². The highest BCUT2D eigenvalue weighted by molar-refractivity contribution is 5.84. The average Bonchev–Trinajstić information content (AvgIpc) is 2.17. The highest BCUT2D eigenvalue weighted by Gasteiger charge is 2.07. The van der Waals surface area contributed by atoms with E-state index in [1.807, 2.05) is 30.3 Å². The van der Waals surface area contributed by atoms with Crippen molar-refractivity contribution < 1.29 is 4.87 Å². The second-order valence-electron chi connectivity index (χ2n) is 2.86. The Morgan fingerprint density at radius 2 is 1.69 bits per heavy atom. The van der Waals surface area contributed by atoms with Gasteiger partial charge in [-0.25, -0.2) is 0 Å². The maximum atomic E-state index is 10.8. The molecule has 0 fully saturated rings. The fraction of sp³-hybridized carbons (Fsp3) is 0. The third-order valence-corrected chi connectivity index (χ3v) is 1.99. The van der Waals surface area contributed by atoms with Crippen molar-refractivity contribution in [2.75, 3.05) is 0 Å². The van der Waals surface area contributed by atoms with E-state index >= 15 is 0 Å². The molecule has 2 aromatic rings. The summed E-state index contributed by atoms with van der Waals surface area (Å²) in [5, 5.41) is 2.12. The van der Waals surface area contributed by atoms with Gasteiger partial charge in [-0.2, -0.15) is 5.84 Å². The lowest BCUT2D eigenvalue weighted by Gasteiger charge is -1.94. The Balaban J connectivity index is 2.69. The van der Waals surface area contributed by atoms with Crippen LogP contribution in [0.4, 0.5) is 5.69 Å². The number of benzene rings is 2. The van der Waals surface area contributed by atoms with Gasteiger partial charge in [0.2, 0.25) is 0 Å². The number of rotatable bonds is 1. The lowest BCUT2D eigenvalue weighted by Crippen LogP contribution is -2.08. The van der Waals surface area contributed by atoms with Crippen molar-refractivity contribution in [3.8, 4) is 0 Å². The molecule has 0 amide bonds. The molecule has 0 radical (unpaired) electrons. The summed E-state index contributed by atoms with van der Waals surface area (Å²) in [6, 6.07) is 13.2. The van der Waals surface area contributed by atoms with E-state index < -0.39 is 0 Å². The molecule has 0 bridgehead atoms. The molecule has 0 spiro atoms. The minimum Gasteiger partial charge on any atom is -0.159 e. The van der Waals surface area contributed by atoms with E-state index in [0.717, 1.165) is 10.8 Å². The Morgan fingerprint density at radius 3 is 2.38 bits per heavy atom. The van der Waals surface area contributed by atoms with Gasteiger partial charge in [0.1, 0.15) is 0 Å². The number of hydrogen-bond donors (Lipinski definition) is 1. The number of nitrogens with zero attached hydrogens (tertiary/aromatic N) is 1. The van der Waals surface area contributed by atoms with Crippen LogP contribution < -0.4 is 5.84 Å². The molecule has 0 unspecified atom stereocenters. The number of hydrogen-bond acceptors (Lipinski definition) is 1. The van der Waals surface area contributed by atoms with Crippen LogP contribution in [0.2, 0.25) is 0 Å². The van der Waals surface area contributed by atoms with Gasteiger partial charge in [0, 0.05) is 12.1 Å². The summed E-state index contributed by atoms with van der Waals surface area (Å²) in [5.74, 6) is 5.08. The lowest BCUT2D eigenvalue weighted by atomic mass is 10.1. The quantitative estimate of drug-likeness (QED) is 0.408. The van der Waals surface area contributed by atoms with Crippen LogP contribution in [0.3, 0.4) is 0 Å². The van der Waals surface area contributed by atoms with Crippen LogP contribution in [0.1, 0.15) is 0 Å². The zero-order valence-corrected chi connectivity index (χ0v) is 6.97. The van der Waals surface area contributed by atoms with E-state index in [9.17, 15) is 4.91 Å². The van der Waals surface area contributed by atoms with Crippen molar-refractivity contribution in [3.05, 3.63) is 47.4 Å². The van der Waals surface area contributed by atoms with Gasteiger partial charge in [-0.3, -0.25) is 0 Å². The van der Waals surface area contributed by atoms with E-state index in [1.165, 1.54) is 0 Å². The zero-order valence-electron chi connectivity index (χ0n) is 6.97. The van der Waals surface area contributed by atoms with Crippen molar-refractivity contribution in [1.29, 1.82) is 0 Å². The molecule has 0 aliphatic heterocycles. The lowest BCUT2D eigenvalue weighted by molar-refractivity contribution is -0.474. The molecule has 0 heterocycles. The third-order valence-electron chi connectivity index (χ3n) is 1.99. The minimum absolute atomic E-state index is 0.367. The first-order valence-electron chi connectivity index (χ1n) is 3.98. The van der Waals surface area contributed by atoms with E-state index in [2.05, 4.69) is 0 Å². The van der Waals surface area contributed by atoms with Crippen LogP contribution >= 0.6 is 0 Å². The molecule has 2 aromatic carbocycles. The maximum absolute atomic E-state index is 10.8. The summed E-state index contributed by atoms with van der Waals surface area (Å²) in [4.78, 5) is 11.2. The molecule has 2 N–H and O–H groups in total. The summed E-state index contributed by atoms with van der Waals surface area (Å²) >= 11 is 0. The number of nitrogens with two attached hydrogens (primary N) is 1. The van der Waals surface area contributed by atoms with Gasteiger partial charge in [0.15, 0.2) is 4.87 Å².